The summed E-state index contributed by atoms with van der Waals surface area (Å²) in [5, 5.41) is 13.8. The van der Waals surface area contributed by atoms with Crippen LogP contribution in [0.4, 0.5) is 24.7 Å². The summed E-state index contributed by atoms with van der Waals surface area (Å²) in [7, 11) is 1.66. The van der Waals surface area contributed by atoms with E-state index in [9.17, 15) is 18.0 Å². The molecule has 0 spiro atoms. The third-order valence-electron chi connectivity index (χ3n) is 5.02. The van der Waals surface area contributed by atoms with E-state index in [0.717, 1.165) is 23.4 Å². The number of aryl methyl sites for hydroxylation is 1. The van der Waals surface area contributed by atoms with E-state index in [1.54, 1.807) is 18.1 Å². The van der Waals surface area contributed by atoms with Crippen LogP contribution >= 0.6 is 0 Å². The summed E-state index contributed by atoms with van der Waals surface area (Å²) in [6, 6.07) is 2.16. The monoisotopic (exact) mass is 404 g/mol. The fraction of sp³-hybridized carbons (Fsp3) is 0.316. The zero-order valence-corrected chi connectivity index (χ0v) is 15.8. The van der Waals surface area contributed by atoms with E-state index in [1.807, 2.05) is 0 Å². The minimum Gasteiger partial charge on any atom is -0.338 e. The number of anilines is 2. The van der Waals surface area contributed by atoms with Crippen LogP contribution in [0, 0.1) is 5.82 Å². The summed E-state index contributed by atoms with van der Waals surface area (Å²) in [4.78, 5) is 13.3. The van der Waals surface area contributed by atoms with Crippen LogP contribution in [0.5, 0.6) is 0 Å². The molecule has 1 aromatic carbocycles. The highest BCUT2D eigenvalue weighted by Gasteiger charge is 2.25. The Morgan fingerprint density at radius 1 is 1.34 bits per heavy atom. The van der Waals surface area contributed by atoms with Crippen LogP contribution in [0.25, 0.3) is 11.1 Å². The van der Waals surface area contributed by atoms with Gasteiger partial charge in [0, 0.05) is 55.5 Å². The van der Waals surface area contributed by atoms with E-state index in [2.05, 4.69) is 20.6 Å². The summed E-state index contributed by atoms with van der Waals surface area (Å²) in [5.41, 5.74) is 1.64. The predicted molar refractivity (Wildman–Crippen MR) is 100 cm³/mol. The molecule has 29 heavy (non-hydrogen) atoms. The second-order valence-corrected chi connectivity index (χ2v) is 6.97. The molecule has 0 fully saturated rings. The molecule has 0 bridgehead atoms. The molecule has 0 unspecified atom stereocenters. The number of rotatable bonds is 4. The smallest absolute Gasteiger partial charge is 0.264 e. The first-order chi connectivity index (χ1) is 13.8. The van der Waals surface area contributed by atoms with Crippen LogP contribution < -0.4 is 5.32 Å². The number of fused-ring (bicyclic) bond motifs is 1. The van der Waals surface area contributed by atoms with Gasteiger partial charge in [-0.25, -0.2) is 13.2 Å². The lowest BCUT2D eigenvalue weighted by Gasteiger charge is -2.26. The van der Waals surface area contributed by atoms with Crippen LogP contribution in [0.1, 0.15) is 30.2 Å². The summed E-state index contributed by atoms with van der Waals surface area (Å²) in [6.45, 7) is 2.36. The Morgan fingerprint density at radius 3 is 2.79 bits per heavy atom. The first-order valence-electron chi connectivity index (χ1n) is 9.02. The van der Waals surface area contributed by atoms with Crippen LogP contribution in [0.15, 0.2) is 24.5 Å². The molecule has 3 heterocycles. The van der Waals surface area contributed by atoms with E-state index in [0.29, 0.717) is 30.9 Å². The fourth-order valence-corrected chi connectivity index (χ4v) is 3.47. The first kappa shape index (κ1) is 19.0. The van der Waals surface area contributed by atoms with E-state index in [-0.39, 0.29) is 22.7 Å². The largest absolute Gasteiger partial charge is 0.338 e. The number of H-pyrrole nitrogens is 1. The van der Waals surface area contributed by atoms with Crippen molar-refractivity contribution in [2.75, 3.05) is 11.9 Å². The lowest BCUT2D eigenvalue weighted by molar-refractivity contribution is -0.129. The van der Waals surface area contributed by atoms with Gasteiger partial charge in [-0.05, 0) is 17.7 Å². The highest BCUT2D eigenvalue weighted by Crippen LogP contribution is 2.36. The van der Waals surface area contributed by atoms with Crippen LogP contribution in [-0.2, 0) is 24.8 Å². The van der Waals surface area contributed by atoms with Gasteiger partial charge in [0.1, 0.15) is 5.82 Å². The number of carbonyl (C=O) groups is 1. The Labute approximate surface area is 164 Å². The average molecular weight is 404 g/mol. The number of aromatic amines is 1. The zero-order chi connectivity index (χ0) is 20.7. The van der Waals surface area contributed by atoms with Gasteiger partial charge in [0.05, 0.1) is 18.4 Å². The van der Waals surface area contributed by atoms with Crippen molar-refractivity contribution in [1.82, 2.24) is 24.9 Å². The molecule has 152 valence electrons. The average Bonchev–Trinajstić information content (AvgIpc) is 3.28. The Hall–Kier alpha value is -3.30. The van der Waals surface area contributed by atoms with E-state index < -0.39 is 12.2 Å². The van der Waals surface area contributed by atoms with Crippen molar-refractivity contribution in [1.29, 1.82) is 0 Å². The standard InChI is InChI=1S/C19H19F3N6O/c1-10(29)28-4-3-16-14(9-28)19(26-25-16)24-17-6-13(18(21)22)12(5-15(17)20)11-7-23-27(2)8-11/h5-8,18H,3-4,9H2,1-2H3,(H2,24,25,26). The quantitative estimate of drug-likeness (QED) is 0.697. The minimum absolute atomic E-state index is 0.0743. The topological polar surface area (TPSA) is 78.8 Å². The Kier molecular flexibility index (Phi) is 4.77. The number of hydrogen-bond donors (Lipinski definition) is 2. The molecule has 3 aromatic rings. The lowest BCUT2D eigenvalue weighted by Crippen LogP contribution is -2.34. The van der Waals surface area contributed by atoms with E-state index in [4.69, 9.17) is 0 Å². The lowest BCUT2D eigenvalue weighted by atomic mass is 10.0. The highest BCUT2D eigenvalue weighted by atomic mass is 19.3. The number of benzene rings is 1. The molecule has 2 N–H and O–H groups in total. The van der Waals surface area contributed by atoms with Gasteiger partial charge in [-0.15, -0.1) is 0 Å². The van der Waals surface area contributed by atoms with Gasteiger partial charge in [0.25, 0.3) is 6.43 Å². The first-order valence-corrected chi connectivity index (χ1v) is 9.02. The molecule has 0 aliphatic carbocycles. The number of nitrogens with one attached hydrogen (secondary N) is 2. The molecule has 1 aliphatic heterocycles. The van der Waals surface area contributed by atoms with Gasteiger partial charge in [0.15, 0.2) is 5.82 Å². The zero-order valence-electron chi connectivity index (χ0n) is 15.8. The number of alkyl halides is 2. The molecule has 0 saturated carbocycles. The minimum atomic E-state index is -2.80. The van der Waals surface area contributed by atoms with Gasteiger partial charge in [-0.2, -0.15) is 10.2 Å². The van der Waals surface area contributed by atoms with Gasteiger partial charge in [0.2, 0.25) is 5.91 Å². The maximum absolute atomic E-state index is 14.8. The number of carbonyl (C=O) groups excluding carboxylic acids is 1. The van der Waals surface area contributed by atoms with Crippen LogP contribution in [0.2, 0.25) is 0 Å². The van der Waals surface area contributed by atoms with E-state index >= 15 is 0 Å². The SMILES string of the molecule is CC(=O)N1CCc2[nH]nc(Nc3cc(C(F)F)c(-c4cnn(C)c4)cc3F)c2C1. The number of nitrogens with zero attached hydrogens (tertiary/aromatic N) is 4. The molecule has 2 aromatic heterocycles. The van der Waals surface area contributed by atoms with Crippen molar-refractivity contribution in [2.45, 2.75) is 26.3 Å². The van der Waals surface area contributed by atoms with Crippen molar-refractivity contribution in [3.8, 4) is 11.1 Å². The molecule has 10 heteroatoms. The number of hydrogen-bond acceptors (Lipinski definition) is 4. The van der Waals surface area contributed by atoms with Gasteiger partial charge < -0.3 is 10.2 Å². The summed E-state index contributed by atoms with van der Waals surface area (Å²) >= 11 is 0. The molecule has 4 rings (SSSR count). The highest BCUT2D eigenvalue weighted by molar-refractivity contribution is 5.75. The van der Waals surface area contributed by atoms with Crippen molar-refractivity contribution >= 4 is 17.4 Å². The van der Waals surface area contributed by atoms with Crippen molar-refractivity contribution in [3.63, 3.8) is 0 Å². The molecule has 7 nitrogen and oxygen atoms in total. The summed E-state index contributed by atoms with van der Waals surface area (Å²) in [6.07, 6.45) is 0.754. The number of aromatic nitrogens is 4. The maximum Gasteiger partial charge on any atom is 0.264 e. The predicted octanol–water partition coefficient (Wildman–Crippen LogP) is 3.54. The summed E-state index contributed by atoms with van der Waals surface area (Å²) in [5.74, 6) is -0.446. The van der Waals surface area contributed by atoms with Crippen molar-refractivity contribution < 1.29 is 18.0 Å². The molecule has 1 aliphatic rings. The third-order valence-corrected chi connectivity index (χ3v) is 5.02. The molecule has 0 saturated heterocycles. The molecule has 0 atom stereocenters. The molecular formula is C19H19F3N6O. The van der Waals surface area contributed by atoms with Crippen molar-refractivity contribution in [3.05, 3.63) is 47.2 Å². The van der Waals surface area contributed by atoms with Crippen molar-refractivity contribution in [2.24, 2.45) is 7.05 Å². The second kappa shape index (κ2) is 7.26. The third kappa shape index (κ3) is 3.57. The van der Waals surface area contributed by atoms with E-state index in [1.165, 1.54) is 17.8 Å². The maximum atomic E-state index is 14.8. The molecule has 1 amide bonds. The van der Waals surface area contributed by atoms with Crippen LogP contribution in [-0.4, -0.2) is 37.3 Å². The van der Waals surface area contributed by atoms with Gasteiger partial charge in [-0.1, -0.05) is 0 Å². The number of halogens is 3. The number of amides is 1. The fourth-order valence-electron chi connectivity index (χ4n) is 3.47. The normalized spacial score (nSPS) is 13.7. The van der Waals surface area contributed by atoms with Gasteiger partial charge in [-0.3, -0.25) is 14.6 Å². The molecule has 0 radical (unpaired) electrons. The summed E-state index contributed by atoms with van der Waals surface area (Å²) < 4.78 is 43.6. The van der Waals surface area contributed by atoms with Crippen LogP contribution in [0.3, 0.4) is 0 Å². The Bertz CT molecular complexity index is 1070. The second-order valence-electron chi connectivity index (χ2n) is 6.97. The molecular weight excluding hydrogens is 385 g/mol. The Balaban J connectivity index is 1.70. The Morgan fingerprint density at radius 2 is 2.14 bits per heavy atom. The van der Waals surface area contributed by atoms with Gasteiger partial charge >= 0.3 is 0 Å².